The smallest absolute Gasteiger partial charge is 0.326 e. The van der Waals surface area contributed by atoms with Gasteiger partial charge in [-0.25, -0.2) is 4.79 Å². The summed E-state index contributed by atoms with van der Waals surface area (Å²) in [6.07, 6.45) is 5.25. The van der Waals surface area contributed by atoms with Crippen molar-refractivity contribution in [2.75, 3.05) is 6.54 Å². The van der Waals surface area contributed by atoms with Gasteiger partial charge in [-0.1, -0.05) is 45.2 Å². The maximum absolute atomic E-state index is 12.1. The normalized spacial score (nSPS) is 13.8. The Hall–Kier alpha value is -1.88. The molecule has 0 rings (SSSR count). The summed E-state index contributed by atoms with van der Waals surface area (Å²) >= 11 is 0. The van der Waals surface area contributed by atoms with Crippen LogP contribution >= 0.6 is 0 Å². The first kappa shape index (κ1) is 17.1. The minimum absolute atomic E-state index is 0.328. The fraction of sp³-hybridized carbons (Fsp3) is 0.429. The molecule has 5 nitrogen and oxygen atoms in total. The van der Waals surface area contributed by atoms with Crippen molar-refractivity contribution in [1.29, 1.82) is 0 Å². The molecule has 2 unspecified atom stereocenters. The molecule has 0 bridgehead atoms. The van der Waals surface area contributed by atoms with Crippen LogP contribution in [0.15, 0.2) is 37.0 Å². The van der Waals surface area contributed by atoms with Gasteiger partial charge in [0.2, 0.25) is 5.91 Å². The average Bonchev–Trinajstić information content (AvgIpc) is 2.38. The van der Waals surface area contributed by atoms with Gasteiger partial charge in [-0.05, 0) is 18.5 Å². The molecular formula is C14H22N2O3. The van der Waals surface area contributed by atoms with Gasteiger partial charge >= 0.3 is 5.97 Å². The number of carbonyl (C=O) groups is 2. The maximum Gasteiger partial charge on any atom is 0.326 e. The number of hydrogen-bond acceptors (Lipinski definition) is 3. The van der Waals surface area contributed by atoms with Gasteiger partial charge in [0, 0.05) is 0 Å². The highest BCUT2D eigenvalue weighted by atomic mass is 16.4. The van der Waals surface area contributed by atoms with Crippen LogP contribution in [-0.4, -0.2) is 35.6 Å². The average molecular weight is 266 g/mol. The summed E-state index contributed by atoms with van der Waals surface area (Å²) in [5.41, 5.74) is 0.555. The first-order chi connectivity index (χ1) is 8.97. The molecule has 0 saturated heterocycles. The number of nitrogens with one attached hydrogen (secondary N) is 2. The molecule has 19 heavy (non-hydrogen) atoms. The van der Waals surface area contributed by atoms with Gasteiger partial charge in [0.1, 0.15) is 12.1 Å². The Kier molecular flexibility index (Phi) is 8.20. The summed E-state index contributed by atoms with van der Waals surface area (Å²) in [5, 5.41) is 14.4. The van der Waals surface area contributed by atoms with E-state index in [4.69, 9.17) is 5.11 Å². The van der Waals surface area contributed by atoms with E-state index in [1.54, 1.807) is 25.2 Å². The lowest BCUT2D eigenvalue weighted by Crippen LogP contribution is -2.50. The molecule has 106 valence electrons. The molecule has 2 atom stereocenters. The molecule has 0 aliphatic carbocycles. The topological polar surface area (TPSA) is 78.4 Å². The quantitative estimate of drug-likeness (QED) is 0.549. The Morgan fingerprint density at radius 3 is 2.42 bits per heavy atom. The van der Waals surface area contributed by atoms with Gasteiger partial charge in [-0.15, -0.1) is 0 Å². The van der Waals surface area contributed by atoms with Crippen molar-refractivity contribution in [2.24, 2.45) is 0 Å². The second kappa shape index (κ2) is 9.10. The Bertz CT molecular complexity index is 375. The zero-order valence-electron chi connectivity index (χ0n) is 11.5. The third-order valence-corrected chi connectivity index (χ3v) is 2.51. The number of likely N-dealkylation sites (N-methyl/N-ethyl adjacent to an activating group) is 1. The van der Waals surface area contributed by atoms with E-state index in [0.717, 1.165) is 0 Å². The minimum atomic E-state index is -1.04. The van der Waals surface area contributed by atoms with E-state index >= 15 is 0 Å². The van der Waals surface area contributed by atoms with Crippen molar-refractivity contribution in [3.8, 4) is 0 Å². The third-order valence-electron chi connectivity index (χ3n) is 2.51. The van der Waals surface area contributed by atoms with Crippen LogP contribution in [0.4, 0.5) is 0 Å². The molecule has 0 radical (unpaired) electrons. The van der Waals surface area contributed by atoms with Gasteiger partial charge in [-0.2, -0.15) is 0 Å². The van der Waals surface area contributed by atoms with E-state index in [-0.39, 0.29) is 0 Å². The van der Waals surface area contributed by atoms with Crippen LogP contribution < -0.4 is 10.6 Å². The van der Waals surface area contributed by atoms with Gasteiger partial charge < -0.3 is 15.7 Å². The third kappa shape index (κ3) is 6.01. The molecule has 0 spiro atoms. The number of carboxylic acid groups (broad SMARTS) is 1. The van der Waals surface area contributed by atoms with E-state index < -0.39 is 24.0 Å². The first-order valence-electron chi connectivity index (χ1n) is 6.22. The molecule has 0 aromatic carbocycles. The molecule has 0 aromatic heterocycles. The Labute approximate surface area is 114 Å². The van der Waals surface area contributed by atoms with Crippen molar-refractivity contribution >= 4 is 11.9 Å². The van der Waals surface area contributed by atoms with E-state index in [2.05, 4.69) is 23.8 Å². The van der Waals surface area contributed by atoms with Crippen LogP contribution in [0.2, 0.25) is 0 Å². The number of amides is 1. The van der Waals surface area contributed by atoms with Crippen LogP contribution in [-0.2, 0) is 9.59 Å². The molecule has 0 aliphatic heterocycles. The molecule has 1 amide bonds. The molecule has 0 saturated carbocycles. The maximum atomic E-state index is 12.1. The van der Waals surface area contributed by atoms with Gasteiger partial charge in [0.05, 0.1) is 0 Å². The highest BCUT2D eigenvalue weighted by Gasteiger charge is 2.24. The number of aliphatic carboxylic acids is 1. The zero-order chi connectivity index (χ0) is 14.8. The van der Waals surface area contributed by atoms with Crippen LogP contribution in [0.3, 0.4) is 0 Å². The first-order valence-corrected chi connectivity index (χ1v) is 6.22. The SMILES string of the molecule is C=C/C=C\C(=C)C(NCC)C(=O)NC(CC)C(=O)O. The second-order valence-electron chi connectivity index (χ2n) is 3.97. The van der Waals surface area contributed by atoms with Gasteiger partial charge in [0.15, 0.2) is 0 Å². The molecule has 5 heteroatoms. The number of rotatable bonds is 9. The lowest BCUT2D eigenvalue weighted by atomic mass is 10.1. The lowest BCUT2D eigenvalue weighted by Gasteiger charge is -2.20. The summed E-state index contributed by atoms with van der Waals surface area (Å²) in [6, 6.07) is -1.53. The van der Waals surface area contributed by atoms with Crippen molar-refractivity contribution < 1.29 is 14.7 Å². The Morgan fingerprint density at radius 1 is 1.37 bits per heavy atom. The molecule has 0 fully saturated rings. The lowest BCUT2D eigenvalue weighted by molar-refractivity contribution is -0.142. The molecule has 0 aliphatic rings. The fourth-order valence-electron chi connectivity index (χ4n) is 1.48. The standard InChI is InChI=1S/C14H22N2O3/c1-5-8-9-10(4)12(15-7-3)13(17)16-11(6-2)14(18)19/h5,8-9,11-12,15H,1,4,6-7H2,2-3H3,(H,16,17)(H,18,19)/b9-8-. The highest BCUT2D eigenvalue weighted by Crippen LogP contribution is 2.04. The van der Waals surface area contributed by atoms with Crippen molar-refractivity contribution in [2.45, 2.75) is 32.4 Å². The largest absolute Gasteiger partial charge is 0.480 e. The number of carboxylic acids is 1. The van der Waals surface area contributed by atoms with Crippen LogP contribution in [0.1, 0.15) is 20.3 Å². The molecule has 0 aromatic rings. The van der Waals surface area contributed by atoms with Crippen molar-refractivity contribution in [3.63, 3.8) is 0 Å². The Balaban J connectivity index is 4.82. The van der Waals surface area contributed by atoms with Crippen molar-refractivity contribution in [3.05, 3.63) is 37.0 Å². The van der Waals surface area contributed by atoms with Crippen LogP contribution in [0, 0.1) is 0 Å². The Morgan fingerprint density at radius 2 is 2.00 bits per heavy atom. The summed E-state index contributed by atoms with van der Waals surface area (Å²) in [5.74, 6) is -1.44. The van der Waals surface area contributed by atoms with Crippen molar-refractivity contribution in [1.82, 2.24) is 10.6 Å². The second-order valence-corrected chi connectivity index (χ2v) is 3.97. The fourth-order valence-corrected chi connectivity index (χ4v) is 1.48. The van der Waals surface area contributed by atoms with E-state index in [1.807, 2.05) is 6.92 Å². The van der Waals surface area contributed by atoms with Gasteiger partial charge in [-0.3, -0.25) is 4.79 Å². The van der Waals surface area contributed by atoms with Crippen LogP contribution in [0.25, 0.3) is 0 Å². The van der Waals surface area contributed by atoms with E-state index in [0.29, 0.717) is 18.5 Å². The monoisotopic (exact) mass is 266 g/mol. The zero-order valence-corrected chi connectivity index (χ0v) is 11.5. The van der Waals surface area contributed by atoms with Crippen LogP contribution in [0.5, 0.6) is 0 Å². The van der Waals surface area contributed by atoms with Gasteiger partial charge in [0.25, 0.3) is 0 Å². The predicted octanol–water partition coefficient (Wildman–Crippen LogP) is 1.24. The number of carbonyl (C=O) groups excluding carboxylic acids is 1. The highest BCUT2D eigenvalue weighted by molar-refractivity contribution is 5.89. The molecule has 0 heterocycles. The number of hydrogen-bond donors (Lipinski definition) is 3. The minimum Gasteiger partial charge on any atom is -0.480 e. The summed E-state index contributed by atoms with van der Waals surface area (Å²) in [7, 11) is 0. The van der Waals surface area contributed by atoms with E-state index in [1.165, 1.54) is 0 Å². The summed E-state index contributed by atoms with van der Waals surface area (Å²) in [6.45, 7) is 11.5. The van der Waals surface area contributed by atoms with E-state index in [9.17, 15) is 9.59 Å². The summed E-state index contributed by atoms with van der Waals surface area (Å²) < 4.78 is 0. The summed E-state index contributed by atoms with van der Waals surface area (Å²) in [4.78, 5) is 23.0. The predicted molar refractivity (Wildman–Crippen MR) is 75.8 cm³/mol. The molecule has 3 N–H and O–H groups in total. The molecular weight excluding hydrogens is 244 g/mol. The number of allylic oxidation sites excluding steroid dienone is 2.